The van der Waals surface area contributed by atoms with Crippen molar-refractivity contribution in [3.05, 3.63) is 24.0 Å². The number of aryl methyl sites for hydroxylation is 1. The van der Waals surface area contributed by atoms with Gasteiger partial charge in [-0.15, -0.1) is 0 Å². The molecule has 0 N–H and O–H groups in total. The molecule has 0 aliphatic carbocycles. The van der Waals surface area contributed by atoms with Crippen LogP contribution in [-0.2, 0) is 12.7 Å². The number of alkyl halides is 3. The van der Waals surface area contributed by atoms with Gasteiger partial charge in [0.25, 0.3) is 0 Å². The largest absolute Gasteiger partial charge is 0.417 e. The number of nitrogens with zero attached hydrogens (tertiary/aromatic N) is 1. The maximum atomic E-state index is 12.0. The number of hydrogen-bond acceptors (Lipinski definition) is 0. The number of hydrogen-bond donors (Lipinski definition) is 0. The average molecular weight is 177 g/mol. The molecule has 1 aromatic heterocycles. The monoisotopic (exact) mass is 177 g/mol. The lowest BCUT2D eigenvalue weighted by Gasteiger charge is -2.02. The van der Waals surface area contributed by atoms with Gasteiger partial charge in [-0.25, -0.2) is 0 Å². The van der Waals surface area contributed by atoms with Crippen LogP contribution in [0.15, 0.2) is 18.5 Å². The van der Waals surface area contributed by atoms with Gasteiger partial charge in [-0.2, -0.15) is 13.2 Å². The fraction of sp³-hybridized carbons (Fsp3) is 0.500. The van der Waals surface area contributed by atoms with Gasteiger partial charge >= 0.3 is 6.18 Å². The SMILES string of the molecule is CCCn1ccc(C(F)(F)F)c1. The molecule has 1 rings (SSSR count). The van der Waals surface area contributed by atoms with Crippen LogP contribution in [-0.4, -0.2) is 4.57 Å². The summed E-state index contributed by atoms with van der Waals surface area (Å²) in [7, 11) is 0. The van der Waals surface area contributed by atoms with Crippen LogP contribution >= 0.6 is 0 Å². The Hall–Kier alpha value is -0.930. The molecule has 4 heteroatoms. The molecule has 0 saturated heterocycles. The van der Waals surface area contributed by atoms with Gasteiger partial charge in [0.2, 0.25) is 0 Å². The molecule has 0 aliphatic rings. The average Bonchev–Trinajstić information content (AvgIpc) is 2.35. The van der Waals surface area contributed by atoms with E-state index in [0.717, 1.165) is 18.7 Å². The van der Waals surface area contributed by atoms with Crippen LogP contribution in [0.2, 0.25) is 0 Å². The molecule has 1 nitrogen and oxygen atoms in total. The van der Waals surface area contributed by atoms with E-state index in [2.05, 4.69) is 0 Å². The molecular formula is C8H10F3N. The summed E-state index contributed by atoms with van der Waals surface area (Å²) in [4.78, 5) is 0. The summed E-state index contributed by atoms with van der Waals surface area (Å²) >= 11 is 0. The maximum Gasteiger partial charge on any atom is 0.417 e. The van der Waals surface area contributed by atoms with Crippen molar-refractivity contribution in [2.45, 2.75) is 26.1 Å². The molecule has 0 unspecified atom stereocenters. The summed E-state index contributed by atoms with van der Waals surface area (Å²) in [6.45, 7) is 2.56. The third-order valence-electron chi connectivity index (χ3n) is 1.56. The van der Waals surface area contributed by atoms with Crippen molar-refractivity contribution in [2.75, 3.05) is 0 Å². The third-order valence-corrected chi connectivity index (χ3v) is 1.56. The topological polar surface area (TPSA) is 4.93 Å². The van der Waals surface area contributed by atoms with Crippen LogP contribution in [0.25, 0.3) is 0 Å². The molecule has 0 aliphatic heterocycles. The maximum absolute atomic E-state index is 12.0. The number of aromatic nitrogens is 1. The summed E-state index contributed by atoms with van der Waals surface area (Å²) in [5, 5.41) is 0. The van der Waals surface area contributed by atoms with Gasteiger partial charge in [-0.3, -0.25) is 0 Å². The van der Waals surface area contributed by atoms with E-state index >= 15 is 0 Å². The lowest BCUT2D eigenvalue weighted by atomic mass is 10.3. The molecule has 0 saturated carbocycles. The van der Waals surface area contributed by atoms with Gasteiger partial charge in [-0.05, 0) is 12.5 Å². The van der Waals surface area contributed by atoms with E-state index in [1.165, 1.54) is 6.20 Å². The lowest BCUT2D eigenvalue weighted by molar-refractivity contribution is -0.137. The van der Waals surface area contributed by atoms with E-state index in [1.54, 1.807) is 4.57 Å². The fourth-order valence-electron chi connectivity index (χ4n) is 1.01. The van der Waals surface area contributed by atoms with Gasteiger partial charge in [-0.1, -0.05) is 6.92 Å². The molecule has 0 radical (unpaired) electrons. The van der Waals surface area contributed by atoms with E-state index in [4.69, 9.17) is 0 Å². The van der Waals surface area contributed by atoms with Gasteiger partial charge < -0.3 is 4.57 Å². The van der Waals surface area contributed by atoms with Gasteiger partial charge in [0.1, 0.15) is 0 Å². The Balaban J connectivity index is 2.77. The van der Waals surface area contributed by atoms with Crippen LogP contribution in [0.1, 0.15) is 18.9 Å². The van der Waals surface area contributed by atoms with Crippen molar-refractivity contribution in [3.63, 3.8) is 0 Å². The molecule has 68 valence electrons. The second kappa shape index (κ2) is 3.21. The lowest BCUT2D eigenvalue weighted by Crippen LogP contribution is -2.03. The predicted octanol–water partition coefficient (Wildman–Crippen LogP) is 2.92. The fourth-order valence-corrected chi connectivity index (χ4v) is 1.01. The van der Waals surface area contributed by atoms with E-state index in [9.17, 15) is 13.2 Å². The van der Waals surface area contributed by atoms with Crippen molar-refractivity contribution < 1.29 is 13.2 Å². The first-order valence-electron chi connectivity index (χ1n) is 3.77. The smallest absolute Gasteiger partial charge is 0.354 e. The second-order valence-electron chi connectivity index (χ2n) is 2.64. The zero-order chi connectivity index (χ0) is 9.19. The Morgan fingerprint density at radius 2 is 2.08 bits per heavy atom. The highest BCUT2D eigenvalue weighted by atomic mass is 19.4. The van der Waals surface area contributed by atoms with E-state index in [0.29, 0.717) is 6.54 Å². The minimum absolute atomic E-state index is 0.573. The van der Waals surface area contributed by atoms with Crippen molar-refractivity contribution in [3.8, 4) is 0 Å². The van der Waals surface area contributed by atoms with Gasteiger partial charge in [0, 0.05) is 18.9 Å². The van der Waals surface area contributed by atoms with Crippen molar-refractivity contribution >= 4 is 0 Å². The normalized spacial score (nSPS) is 12.0. The first kappa shape index (κ1) is 9.16. The number of halogens is 3. The van der Waals surface area contributed by atoms with Crippen LogP contribution in [0.3, 0.4) is 0 Å². The molecule has 0 bridgehead atoms. The minimum Gasteiger partial charge on any atom is -0.354 e. The molecule has 0 aromatic carbocycles. The van der Waals surface area contributed by atoms with Crippen molar-refractivity contribution in [1.29, 1.82) is 0 Å². The highest BCUT2D eigenvalue weighted by molar-refractivity contribution is 5.13. The Morgan fingerprint density at radius 3 is 2.50 bits per heavy atom. The first-order valence-corrected chi connectivity index (χ1v) is 3.77. The van der Waals surface area contributed by atoms with Crippen LogP contribution in [0.4, 0.5) is 13.2 Å². The van der Waals surface area contributed by atoms with E-state index in [1.807, 2.05) is 6.92 Å². The van der Waals surface area contributed by atoms with E-state index < -0.39 is 11.7 Å². The zero-order valence-corrected chi connectivity index (χ0v) is 6.73. The second-order valence-corrected chi connectivity index (χ2v) is 2.64. The van der Waals surface area contributed by atoms with Crippen LogP contribution in [0.5, 0.6) is 0 Å². The molecule has 0 fully saturated rings. The van der Waals surface area contributed by atoms with Gasteiger partial charge in [0.05, 0.1) is 5.56 Å². The number of rotatable bonds is 2. The zero-order valence-electron chi connectivity index (χ0n) is 6.73. The molecule has 0 spiro atoms. The summed E-state index contributed by atoms with van der Waals surface area (Å²) in [6.07, 6.45) is -0.791. The van der Waals surface area contributed by atoms with Crippen LogP contribution < -0.4 is 0 Å². The highest BCUT2D eigenvalue weighted by Gasteiger charge is 2.31. The van der Waals surface area contributed by atoms with Crippen molar-refractivity contribution in [1.82, 2.24) is 4.57 Å². The predicted molar refractivity (Wildman–Crippen MR) is 39.7 cm³/mol. The molecular weight excluding hydrogens is 167 g/mol. The Labute approximate surface area is 68.8 Å². The molecule has 1 aromatic rings. The Bertz CT molecular complexity index is 249. The molecule has 12 heavy (non-hydrogen) atoms. The summed E-state index contributed by atoms with van der Waals surface area (Å²) in [5.41, 5.74) is -0.573. The minimum atomic E-state index is -4.21. The summed E-state index contributed by atoms with van der Waals surface area (Å²) < 4.78 is 37.6. The van der Waals surface area contributed by atoms with Crippen LogP contribution in [0, 0.1) is 0 Å². The van der Waals surface area contributed by atoms with E-state index in [-0.39, 0.29) is 0 Å². The molecule has 0 amide bonds. The third kappa shape index (κ3) is 2.03. The summed E-state index contributed by atoms with van der Waals surface area (Å²) in [6, 6.07) is 1.09. The van der Waals surface area contributed by atoms with Crippen molar-refractivity contribution in [2.24, 2.45) is 0 Å². The Morgan fingerprint density at radius 1 is 1.42 bits per heavy atom. The molecule has 0 atom stereocenters. The summed E-state index contributed by atoms with van der Waals surface area (Å²) in [5.74, 6) is 0. The van der Waals surface area contributed by atoms with Gasteiger partial charge in [0.15, 0.2) is 0 Å². The standard InChI is InChI=1S/C8H10F3N/c1-2-4-12-5-3-7(6-12)8(9,10)11/h3,5-6H,2,4H2,1H3. The highest BCUT2D eigenvalue weighted by Crippen LogP contribution is 2.29. The molecule has 1 heterocycles. The first-order chi connectivity index (χ1) is 5.54. The quantitative estimate of drug-likeness (QED) is 0.654. The Kier molecular flexibility index (Phi) is 2.45.